The molecule has 0 atom stereocenters. The summed E-state index contributed by atoms with van der Waals surface area (Å²) in [6.45, 7) is 9.90. The smallest absolute Gasteiger partial charge is 0.165 e. The van der Waals surface area contributed by atoms with Gasteiger partial charge in [-0.3, -0.25) is 14.6 Å². The van der Waals surface area contributed by atoms with Crippen LogP contribution < -0.4 is 0 Å². The van der Waals surface area contributed by atoms with Gasteiger partial charge in [-0.25, -0.2) is 0 Å². The van der Waals surface area contributed by atoms with E-state index in [9.17, 15) is 4.79 Å². The predicted octanol–water partition coefficient (Wildman–Crippen LogP) is 3.49. The number of morpholine rings is 2. The van der Waals surface area contributed by atoms with Gasteiger partial charge < -0.3 is 9.47 Å². The first-order valence-electron chi connectivity index (χ1n) is 11.5. The molecule has 5 heteroatoms. The molecule has 0 unspecified atom stereocenters. The molecule has 0 aromatic heterocycles. The van der Waals surface area contributed by atoms with Crippen molar-refractivity contribution in [1.29, 1.82) is 0 Å². The highest BCUT2D eigenvalue weighted by Gasteiger charge is 2.20. The lowest BCUT2D eigenvalue weighted by molar-refractivity contribution is 0.0367. The van der Waals surface area contributed by atoms with Gasteiger partial charge in [-0.1, -0.05) is 43.2 Å². The third-order valence-corrected chi connectivity index (χ3v) is 6.19. The number of nitrogens with zero attached hydrogens (tertiary/aromatic N) is 2. The van der Waals surface area contributed by atoms with Crippen LogP contribution in [0.1, 0.15) is 48.9 Å². The molecule has 162 valence electrons. The zero-order chi connectivity index (χ0) is 20.2. The third kappa shape index (κ3) is 8.17. The van der Waals surface area contributed by atoms with Crippen molar-refractivity contribution in [1.82, 2.24) is 9.80 Å². The molecule has 0 aliphatic carbocycles. The van der Waals surface area contributed by atoms with E-state index in [0.717, 1.165) is 96.9 Å². The first-order chi connectivity index (χ1) is 14.3. The minimum Gasteiger partial charge on any atom is -0.379 e. The van der Waals surface area contributed by atoms with Gasteiger partial charge in [0.15, 0.2) is 5.78 Å². The monoisotopic (exact) mass is 402 g/mol. The van der Waals surface area contributed by atoms with Crippen LogP contribution in [-0.2, 0) is 9.47 Å². The molecule has 0 spiro atoms. The minimum atomic E-state index is 0.159. The van der Waals surface area contributed by atoms with Gasteiger partial charge in [0.2, 0.25) is 0 Å². The van der Waals surface area contributed by atoms with E-state index in [4.69, 9.17) is 9.47 Å². The van der Waals surface area contributed by atoms with Crippen LogP contribution in [0.2, 0.25) is 0 Å². The number of rotatable bonds is 12. The van der Waals surface area contributed by atoms with Crippen LogP contribution in [-0.4, -0.2) is 81.3 Å². The fourth-order valence-corrected chi connectivity index (χ4v) is 4.35. The molecule has 0 radical (unpaired) electrons. The third-order valence-electron chi connectivity index (χ3n) is 6.19. The Bertz CT molecular complexity index is 543. The molecule has 5 nitrogen and oxygen atoms in total. The van der Waals surface area contributed by atoms with Crippen molar-refractivity contribution < 1.29 is 14.3 Å². The summed E-state index contributed by atoms with van der Waals surface area (Å²) < 4.78 is 10.9. The second kappa shape index (κ2) is 13.1. The van der Waals surface area contributed by atoms with E-state index >= 15 is 0 Å². The predicted molar refractivity (Wildman–Crippen MR) is 116 cm³/mol. The van der Waals surface area contributed by atoms with E-state index in [0.29, 0.717) is 5.78 Å². The van der Waals surface area contributed by atoms with Gasteiger partial charge in [-0.05, 0) is 38.8 Å². The summed E-state index contributed by atoms with van der Waals surface area (Å²) in [4.78, 5) is 18.1. The summed E-state index contributed by atoms with van der Waals surface area (Å²) >= 11 is 0. The molecule has 1 aromatic rings. The molecule has 2 heterocycles. The zero-order valence-electron chi connectivity index (χ0n) is 17.9. The summed E-state index contributed by atoms with van der Waals surface area (Å²) in [6.07, 6.45) is 6.62. The van der Waals surface area contributed by atoms with E-state index in [-0.39, 0.29) is 5.92 Å². The highest BCUT2D eigenvalue weighted by atomic mass is 16.5. The Morgan fingerprint density at radius 2 is 1.24 bits per heavy atom. The molecular formula is C24H38N2O3. The molecule has 2 saturated heterocycles. The lowest BCUT2D eigenvalue weighted by Gasteiger charge is -2.27. The molecule has 0 amide bonds. The number of carbonyl (C=O) groups is 1. The molecule has 2 aliphatic heterocycles. The molecule has 2 fully saturated rings. The van der Waals surface area contributed by atoms with E-state index < -0.39 is 0 Å². The van der Waals surface area contributed by atoms with E-state index in [1.807, 2.05) is 30.3 Å². The number of carbonyl (C=O) groups excluding carboxylic acids is 1. The Labute approximate surface area is 176 Å². The van der Waals surface area contributed by atoms with E-state index in [1.54, 1.807) is 0 Å². The average molecular weight is 403 g/mol. The highest BCUT2D eigenvalue weighted by Crippen LogP contribution is 2.22. The van der Waals surface area contributed by atoms with Gasteiger partial charge in [0.25, 0.3) is 0 Å². The van der Waals surface area contributed by atoms with E-state index in [1.165, 1.54) is 12.8 Å². The van der Waals surface area contributed by atoms with Crippen molar-refractivity contribution in [2.75, 3.05) is 65.7 Å². The Kier molecular flexibility index (Phi) is 10.1. The number of hydrogen-bond donors (Lipinski definition) is 0. The van der Waals surface area contributed by atoms with Gasteiger partial charge in [0.1, 0.15) is 0 Å². The summed E-state index contributed by atoms with van der Waals surface area (Å²) in [5.41, 5.74) is 0.874. The molecule has 29 heavy (non-hydrogen) atoms. The average Bonchev–Trinajstić information content (AvgIpc) is 2.79. The lowest BCUT2D eigenvalue weighted by Crippen LogP contribution is -2.37. The SMILES string of the molecule is O=C(c1ccccc1)C(CCCCN1CCOCC1)CCCCN1CCOCC1. The zero-order valence-corrected chi connectivity index (χ0v) is 17.9. The Morgan fingerprint density at radius 3 is 1.72 bits per heavy atom. The van der Waals surface area contributed by atoms with Crippen molar-refractivity contribution in [2.24, 2.45) is 5.92 Å². The largest absolute Gasteiger partial charge is 0.379 e. The summed E-state index contributed by atoms with van der Waals surface area (Å²) in [5, 5.41) is 0. The van der Waals surface area contributed by atoms with Gasteiger partial charge >= 0.3 is 0 Å². The van der Waals surface area contributed by atoms with Crippen LogP contribution in [0.15, 0.2) is 30.3 Å². The Hall–Kier alpha value is -1.27. The van der Waals surface area contributed by atoms with Crippen molar-refractivity contribution >= 4 is 5.78 Å². The molecule has 0 bridgehead atoms. The van der Waals surface area contributed by atoms with Gasteiger partial charge in [-0.2, -0.15) is 0 Å². The topological polar surface area (TPSA) is 42.0 Å². The number of benzene rings is 1. The molecule has 0 saturated carbocycles. The maximum atomic E-state index is 13.1. The van der Waals surface area contributed by atoms with Crippen molar-refractivity contribution in [3.05, 3.63) is 35.9 Å². The fraction of sp³-hybridized carbons (Fsp3) is 0.708. The minimum absolute atomic E-state index is 0.159. The molecule has 1 aromatic carbocycles. The maximum Gasteiger partial charge on any atom is 0.165 e. The maximum absolute atomic E-state index is 13.1. The Balaban J connectivity index is 1.41. The first-order valence-corrected chi connectivity index (χ1v) is 11.5. The van der Waals surface area contributed by atoms with Crippen LogP contribution in [0.3, 0.4) is 0 Å². The molecular weight excluding hydrogens is 364 g/mol. The lowest BCUT2D eigenvalue weighted by atomic mass is 9.88. The van der Waals surface area contributed by atoms with Gasteiger partial charge in [0.05, 0.1) is 26.4 Å². The number of hydrogen-bond acceptors (Lipinski definition) is 5. The molecule has 2 aliphatic rings. The normalized spacial score (nSPS) is 18.9. The van der Waals surface area contributed by atoms with Crippen LogP contribution in [0.4, 0.5) is 0 Å². The van der Waals surface area contributed by atoms with Crippen LogP contribution in [0, 0.1) is 5.92 Å². The molecule has 0 N–H and O–H groups in total. The number of ether oxygens (including phenoxy) is 2. The Morgan fingerprint density at radius 1 is 0.759 bits per heavy atom. The fourth-order valence-electron chi connectivity index (χ4n) is 4.35. The van der Waals surface area contributed by atoms with Crippen molar-refractivity contribution in [2.45, 2.75) is 38.5 Å². The standard InChI is InChI=1S/C24H38N2O3/c27-24(22-8-2-1-3-9-22)23(10-4-6-12-25-14-18-28-19-15-25)11-5-7-13-26-16-20-29-21-17-26/h1-3,8-9,23H,4-7,10-21H2. The number of Topliss-reactive ketones (excluding diaryl/α,β-unsaturated/α-hetero) is 1. The highest BCUT2D eigenvalue weighted by molar-refractivity contribution is 5.97. The van der Waals surface area contributed by atoms with Crippen LogP contribution in [0.25, 0.3) is 0 Å². The van der Waals surface area contributed by atoms with Crippen molar-refractivity contribution in [3.63, 3.8) is 0 Å². The second-order valence-electron chi connectivity index (χ2n) is 8.33. The summed E-state index contributed by atoms with van der Waals surface area (Å²) in [5.74, 6) is 0.495. The number of ketones is 1. The van der Waals surface area contributed by atoms with Crippen molar-refractivity contribution in [3.8, 4) is 0 Å². The van der Waals surface area contributed by atoms with Gasteiger partial charge in [0, 0.05) is 37.7 Å². The number of unbranched alkanes of at least 4 members (excludes halogenated alkanes) is 2. The van der Waals surface area contributed by atoms with Gasteiger partial charge in [-0.15, -0.1) is 0 Å². The quantitative estimate of drug-likeness (QED) is 0.395. The second-order valence-corrected chi connectivity index (χ2v) is 8.33. The first kappa shape index (κ1) is 22.4. The van der Waals surface area contributed by atoms with Crippen LogP contribution in [0.5, 0.6) is 0 Å². The molecule has 3 rings (SSSR count). The van der Waals surface area contributed by atoms with E-state index in [2.05, 4.69) is 9.80 Å². The summed E-state index contributed by atoms with van der Waals surface area (Å²) in [7, 11) is 0. The van der Waals surface area contributed by atoms with Crippen LogP contribution >= 0.6 is 0 Å². The summed E-state index contributed by atoms with van der Waals surface area (Å²) in [6, 6.07) is 9.87.